The topological polar surface area (TPSA) is 44.5 Å². The van der Waals surface area contributed by atoms with Crippen molar-refractivity contribution in [1.29, 1.82) is 0 Å². The van der Waals surface area contributed by atoms with Crippen molar-refractivity contribution in [3.05, 3.63) is 57.6 Å². The maximum Gasteiger partial charge on any atom is 0.161 e. The molecule has 2 aromatic carbocycles. The molecule has 0 radical (unpaired) electrons. The zero-order valence-electron chi connectivity index (χ0n) is 12.4. The molecular weight excluding hydrogens is 321 g/mol. The molecule has 0 unspecified atom stereocenters. The lowest BCUT2D eigenvalue weighted by molar-refractivity contribution is 0.284. The summed E-state index contributed by atoms with van der Waals surface area (Å²) in [5.74, 6) is 1.39. The van der Waals surface area contributed by atoms with Gasteiger partial charge in [-0.15, -0.1) is 0 Å². The van der Waals surface area contributed by atoms with Gasteiger partial charge in [-0.3, -0.25) is 0 Å². The van der Waals surface area contributed by atoms with E-state index in [1.807, 2.05) is 24.3 Å². The molecule has 0 saturated heterocycles. The maximum atomic E-state index is 6.14. The number of rotatable bonds is 7. The molecule has 2 N–H and O–H groups in total. The van der Waals surface area contributed by atoms with E-state index in [4.69, 9.17) is 38.4 Å². The first-order valence-electron chi connectivity index (χ1n) is 7.07. The predicted molar refractivity (Wildman–Crippen MR) is 91.2 cm³/mol. The summed E-state index contributed by atoms with van der Waals surface area (Å²) in [6.45, 7) is 1.03. The van der Waals surface area contributed by atoms with Gasteiger partial charge in [-0.25, -0.2) is 0 Å². The number of benzene rings is 2. The first-order valence-corrected chi connectivity index (χ1v) is 7.83. The van der Waals surface area contributed by atoms with Gasteiger partial charge in [0.15, 0.2) is 11.5 Å². The summed E-state index contributed by atoms with van der Waals surface area (Å²) in [6.07, 6.45) is 1.87. The van der Waals surface area contributed by atoms with Crippen LogP contribution in [-0.4, -0.2) is 13.7 Å². The summed E-state index contributed by atoms with van der Waals surface area (Å²) in [6, 6.07) is 11.3. The fraction of sp³-hybridized carbons (Fsp3) is 0.294. The zero-order valence-corrected chi connectivity index (χ0v) is 14.0. The Bertz CT molecular complexity index is 632. The maximum absolute atomic E-state index is 6.14. The first kappa shape index (κ1) is 16.9. The van der Waals surface area contributed by atoms with Crippen LogP contribution in [0.2, 0.25) is 10.0 Å². The molecule has 22 heavy (non-hydrogen) atoms. The fourth-order valence-corrected chi connectivity index (χ4v) is 2.55. The van der Waals surface area contributed by atoms with Gasteiger partial charge in [0.2, 0.25) is 0 Å². The van der Waals surface area contributed by atoms with Crippen LogP contribution in [-0.2, 0) is 13.0 Å². The van der Waals surface area contributed by atoms with Crippen LogP contribution in [0.3, 0.4) is 0 Å². The van der Waals surface area contributed by atoms with Crippen molar-refractivity contribution in [1.82, 2.24) is 0 Å². The number of methoxy groups -OCH3 is 1. The SMILES string of the molecule is COc1cc(CCCN)ccc1OCc1ccc(Cl)cc1Cl. The quantitative estimate of drug-likeness (QED) is 0.809. The summed E-state index contributed by atoms with van der Waals surface area (Å²) >= 11 is 12.0. The first-order chi connectivity index (χ1) is 10.6. The van der Waals surface area contributed by atoms with E-state index in [9.17, 15) is 0 Å². The molecule has 0 atom stereocenters. The molecule has 0 spiro atoms. The van der Waals surface area contributed by atoms with E-state index < -0.39 is 0 Å². The molecule has 118 valence electrons. The van der Waals surface area contributed by atoms with Gasteiger partial charge in [0.25, 0.3) is 0 Å². The van der Waals surface area contributed by atoms with Crippen LogP contribution in [0, 0.1) is 0 Å². The second-order valence-electron chi connectivity index (χ2n) is 4.90. The van der Waals surface area contributed by atoms with Crippen molar-refractivity contribution in [2.75, 3.05) is 13.7 Å². The van der Waals surface area contributed by atoms with E-state index in [0.29, 0.717) is 34.7 Å². The van der Waals surface area contributed by atoms with Crippen LogP contribution in [0.15, 0.2) is 36.4 Å². The van der Waals surface area contributed by atoms with Gasteiger partial charge in [-0.2, -0.15) is 0 Å². The van der Waals surface area contributed by atoms with Gasteiger partial charge >= 0.3 is 0 Å². The van der Waals surface area contributed by atoms with E-state index in [2.05, 4.69) is 0 Å². The molecule has 0 amide bonds. The average Bonchev–Trinajstić information content (AvgIpc) is 2.52. The lowest BCUT2D eigenvalue weighted by atomic mass is 10.1. The zero-order chi connectivity index (χ0) is 15.9. The molecule has 0 aliphatic rings. The minimum Gasteiger partial charge on any atom is -0.493 e. The predicted octanol–water partition coefficient (Wildman–Crippen LogP) is 4.47. The molecule has 3 nitrogen and oxygen atoms in total. The van der Waals surface area contributed by atoms with E-state index in [0.717, 1.165) is 18.4 Å². The number of nitrogens with two attached hydrogens (primary N) is 1. The Morgan fingerprint density at radius 1 is 1.05 bits per heavy atom. The summed E-state index contributed by atoms with van der Waals surface area (Å²) in [5.41, 5.74) is 7.59. The Morgan fingerprint density at radius 3 is 2.55 bits per heavy atom. The summed E-state index contributed by atoms with van der Waals surface area (Å²) in [7, 11) is 1.63. The average molecular weight is 340 g/mol. The molecule has 2 rings (SSSR count). The second kappa shape index (κ2) is 8.28. The molecule has 0 bridgehead atoms. The standard InChI is InChI=1S/C17H19Cl2NO2/c1-21-17-9-12(3-2-8-20)4-7-16(17)22-11-13-5-6-14(18)10-15(13)19/h4-7,9-10H,2-3,8,11,20H2,1H3. The van der Waals surface area contributed by atoms with Crippen LogP contribution in [0.4, 0.5) is 0 Å². The van der Waals surface area contributed by atoms with E-state index in [1.165, 1.54) is 5.56 Å². The van der Waals surface area contributed by atoms with Crippen LogP contribution in [0.5, 0.6) is 11.5 Å². The van der Waals surface area contributed by atoms with E-state index >= 15 is 0 Å². The summed E-state index contributed by atoms with van der Waals surface area (Å²) in [4.78, 5) is 0. The molecule has 0 saturated carbocycles. The molecule has 2 aromatic rings. The third kappa shape index (κ3) is 4.54. The highest BCUT2D eigenvalue weighted by atomic mass is 35.5. The lowest BCUT2D eigenvalue weighted by Crippen LogP contribution is -2.02. The summed E-state index contributed by atoms with van der Waals surface area (Å²) in [5, 5.41) is 1.20. The largest absolute Gasteiger partial charge is 0.493 e. The fourth-order valence-electron chi connectivity index (χ4n) is 2.09. The van der Waals surface area contributed by atoms with Crippen molar-refractivity contribution >= 4 is 23.2 Å². The molecule has 5 heteroatoms. The van der Waals surface area contributed by atoms with Crippen molar-refractivity contribution in [2.24, 2.45) is 5.73 Å². The van der Waals surface area contributed by atoms with Gasteiger partial charge < -0.3 is 15.2 Å². The smallest absolute Gasteiger partial charge is 0.161 e. The molecule has 0 aliphatic carbocycles. The normalized spacial score (nSPS) is 10.5. The van der Waals surface area contributed by atoms with Gasteiger partial charge in [0, 0.05) is 15.6 Å². The van der Waals surface area contributed by atoms with Crippen molar-refractivity contribution in [3.63, 3.8) is 0 Å². The number of halogens is 2. The monoisotopic (exact) mass is 339 g/mol. The van der Waals surface area contributed by atoms with Gasteiger partial charge in [0.1, 0.15) is 6.61 Å². The van der Waals surface area contributed by atoms with Gasteiger partial charge in [-0.05, 0) is 49.2 Å². The van der Waals surface area contributed by atoms with Crippen LogP contribution >= 0.6 is 23.2 Å². The van der Waals surface area contributed by atoms with Crippen molar-refractivity contribution in [2.45, 2.75) is 19.4 Å². The molecule has 0 fully saturated rings. The van der Waals surface area contributed by atoms with Gasteiger partial charge in [-0.1, -0.05) is 35.3 Å². The van der Waals surface area contributed by atoms with Crippen LogP contribution in [0.25, 0.3) is 0 Å². The number of ether oxygens (including phenoxy) is 2. The third-order valence-electron chi connectivity index (χ3n) is 3.30. The minimum absolute atomic E-state index is 0.356. The van der Waals surface area contributed by atoms with Crippen molar-refractivity contribution in [3.8, 4) is 11.5 Å². The second-order valence-corrected chi connectivity index (χ2v) is 5.75. The number of hydrogen-bond donors (Lipinski definition) is 1. The van der Waals surface area contributed by atoms with Crippen molar-refractivity contribution < 1.29 is 9.47 Å². The van der Waals surface area contributed by atoms with Crippen LogP contribution in [0.1, 0.15) is 17.5 Å². The minimum atomic E-state index is 0.356. The van der Waals surface area contributed by atoms with Crippen LogP contribution < -0.4 is 15.2 Å². The number of aryl methyl sites for hydroxylation is 1. The highest BCUT2D eigenvalue weighted by molar-refractivity contribution is 6.35. The molecular formula is C17H19Cl2NO2. The summed E-state index contributed by atoms with van der Waals surface area (Å²) < 4.78 is 11.2. The Morgan fingerprint density at radius 2 is 1.86 bits per heavy atom. The Hall–Kier alpha value is -1.42. The molecule has 0 heterocycles. The third-order valence-corrected chi connectivity index (χ3v) is 3.88. The van der Waals surface area contributed by atoms with E-state index in [-0.39, 0.29) is 0 Å². The lowest BCUT2D eigenvalue weighted by Gasteiger charge is -2.13. The molecule has 0 aromatic heterocycles. The highest BCUT2D eigenvalue weighted by Crippen LogP contribution is 2.30. The van der Waals surface area contributed by atoms with E-state index in [1.54, 1.807) is 19.2 Å². The highest BCUT2D eigenvalue weighted by Gasteiger charge is 2.08. The Balaban J connectivity index is 2.08. The number of hydrogen-bond acceptors (Lipinski definition) is 3. The van der Waals surface area contributed by atoms with Gasteiger partial charge in [0.05, 0.1) is 7.11 Å². The Kier molecular flexibility index (Phi) is 6.37. The Labute approximate surface area is 140 Å². The molecule has 0 aliphatic heterocycles.